The van der Waals surface area contributed by atoms with E-state index in [4.69, 9.17) is 9.47 Å². The Morgan fingerprint density at radius 1 is 0.808 bits per heavy atom. The van der Waals surface area contributed by atoms with E-state index in [0.29, 0.717) is 0 Å². The summed E-state index contributed by atoms with van der Waals surface area (Å²) in [6.07, 6.45) is 0.919. The standard InChI is InChI=1S/C21H24O4S/c1-13(22)11-24-20-16-6-4-5-7-17(16)21(25-12-14(2)23)19-10-15(26-3)8-9-18(19)20/h4-10,13-14,22-23H,11-12H2,1-3H3. The monoisotopic (exact) mass is 372 g/mol. The first-order valence-electron chi connectivity index (χ1n) is 8.65. The molecular formula is C21H24O4S. The molecule has 0 saturated heterocycles. The molecule has 0 aromatic heterocycles. The van der Waals surface area contributed by atoms with Crippen molar-refractivity contribution in [3.8, 4) is 11.5 Å². The van der Waals surface area contributed by atoms with Crippen LogP contribution in [0, 0.1) is 0 Å². The van der Waals surface area contributed by atoms with Gasteiger partial charge < -0.3 is 19.7 Å². The molecule has 0 aliphatic heterocycles. The molecule has 0 bridgehead atoms. The lowest BCUT2D eigenvalue weighted by Gasteiger charge is -2.19. The van der Waals surface area contributed by atoms with Crippen molar-refractivity contribution in [3.63, 3.8) is 0 Å². The second-order valence-electron chi connectivity index (χ2n) is 6.44. The molecule has 3 aromatic rings. The third-order valence-corrected chi connectivity index (χ3v) is 4.80. The molecule has 0 aliphatic rings. The van der Waals surface area contributed by atoms with Crippen LogP contribution in [0.5, 0.6) is 11.5 Å². The van der Waals surface area contributed by atoms with Crippen LogP contribution in [-0.4, -0.2) is 41.9 Å². The van der Waals surface area contributed by atoms with Crippen LogP contribution in [0.25, 0.3) is 21.5 Å². The minimum absolute atomic E-state index is 0.219. The summed E-state index contributed by atoms with van der Waals surface area (Å²) >= 11 is 1.66. The van der Waals surface area contributed by atoms with Crippen LogP contribution in [0.2, 0.25) is 0 Å². The van der Waals surface area contributed by atoms with Gasteiger partial charge in [0.2, 0.25) is 0 Å². The average Bonchev–Trinajstić information content (AvgIpc) is 2.63. The highest BCUT2D eigenvalue weighted by Crippen LogP contribution is 2.43. The first-order chi connectivity index (χ1) is 12.5. The van der Waals surface area contributed by atoms with Crippen LogP contribution in [0.3, 0.4) is 0 Å². The maximum Gasteiger partial charge on any atom is 0.135 e. The molecule has 4 nitrogen and oxygen atoms in total. The lowest BCUT2D eigenvalue weighted by molar-refractivity contribution is 0.123. The highest BCUT2D eigenvalue weighted by Gasteiger charge is 2.17. The molecule has 5 heteroatoms. The minimum atomic E-state index is -0.557. The summed E-state index contributed by atoms with van der Waals surface area (Å²) in [5.41, 5.74) is 0. The maximum absolute atomic E-state index is 9.68. The molecule has 0 saturated carbocycles. The quantitative estimate of drug-likeness (QED) is 0.480. The van der Waals surface area contributed by atoms with Gasteiger partial charge in [0.25, 0.3) is 0 Å². The largest absolute Gasteiger partial charge is 0.490 e. The van der Waals surface area contributed by atoms with Gasteiger partial charge in [-0.05, 0) is 38.3 Å². The minimum Gasteiger partial charge on any atom is -0.490 e. The summed E-state index contributed by atoms with van der Waals surface area (Å²) in [7, 11) is 0. The predicted octanol–water partition coefficient (Wildman–Crippen LogP) is 4.23. The highest BCUT2D eigenvalue weighted by molar-refractivity contribution is 7.98. The van der Waals surface area contributed by atoms with Crippen LogP contribution in [0.15, 0.2) is 47.4 Å². The molecule has 0 aliphatic carbocycles. The maximum atomic E-state index is 9.68. The summed E-state index contributed by atoms with van der Waals surface area (Å²) in [6, 6.07) is 14.1. The molecule has 0 amide bonds. The Labute approximate surface area is 157 Å². The van der Waals surface area contributed by atoms with Gasteiger partial charge >= 0.3 is 0 Å². The molecule has 3 rings (SSSR count). The highest BCUT2D eigenvalue weighted by atomic mass is 32.2. The summed E-state index contributed by atoms with van der Waals surface area (Å²) in [4.78, 5) is 1.12. The fraction of sp³-hybridized carbons (Fsp3) is 0.333. The van der Waals surface area contributed by atoms with Gasteiger partial charge in [0.05, 0.1) is 12.2 Å². The molecule has 3 aromatic carbocycles. The van der Waals surface area contributed by atoms with Gasteiger partial charge in [0, 0.05) is 26.4 Å². The third kappa shape index (κ3) is 3.90. The Bertz CT molecular complexity index is 905. The Morgan fingerprint density at radius 3 is 1.81 bits per heavy atom. The predicted molar refractivity (Wildman–Crippen MR) is 108 cm³/mol. The molecule has 2 N–H and O–H groups in total. The van der Waals surface area contributed by atoms with Crippen LogP contribution in [0.4, 0.5) is 0 Å². The first kappa shape index (κ1) is 18.8. The molecule has 138 valence electrons. The SMILES string of the molecule is CSc1ccc2c(OCC(C)O)c3ccccc3c(OCC(C)O)c2c1. The summed E-state index contributed by atoms with van der Waals surface area (Å²) in [6.45, 7) is 3.85. The fourth-order valence-electron chi connectivity index (χ4n) is 2.92. The van der Waals surface area contributed by atoms with Crippen molar-refractivity contribution in [1.82, 2.24) is 0 Å². The summed E-state index contributed by atoms with van der Waals surface area (Å²) in [5, 5.41) is 23.1. The van der Waals surface area contributed by atoms with E-state index in [-0.39, 0.29) is 13.2 Å². The van der Waals surface area contributed by atoms with Crippen molar-refractivity contribution in [3.05, 3.63) is 42.5 Å². The zero-order valence-corrected chi connectivity index (χ0v) is 16.0. The number of fused-ring (bicyclic) bond motifs is 2. The van der Waals surface area contributed by atoms with Crippen LogP contribution < -0.4 is 9.47 Å². The van der Waals surface area contributed by atoms with Gasteiger partial charge in [0.1, 0.15) is 24.7 Å². The second kappa shape index (κ2) is 8.16. The average molecular weight is 372 g/mol. The van der Waals surface area contributed by atoms with Crippen LogP contribution in [-0.2, 0) is 0 Å². The van der Waals surface area contributed by atoms with E-state index in [0.717, 1.165) is 37.9 Å². The van der Waals surface area contributed by atoms with Crippen molar-refractivity contribution >= 4 is 33.3 Å². The van der Waals surface area contributed by atoms with Crippen molar-refractivity contribution in [2.45, 2.75) is 31.0 Å². The number of hydrogen-bond donors (Lipinski definition) is 2. The topological polar surface area (TPSA) is 58.9 Å². The van der Waals surface area contributed by atoms with Gasteiger partial charge in [-0.25, -0.2) is 0 Å². The van der Waals surface area contributed by atoms with Gasteiger partial charge in [-0.1, -0.05) is 24.3 Å². The van der Waals surface area contributed by atoms with E-state index in [1.54, 1.807) is 25.6 Å². The lowest BCUT2D eigenvalue weighted by Crippen LogP contribution is -2.14. The Hall–Kier alpha value is -1.95. The van der Waals surface area contributed by atoms with Crippen LogP contribution >= 0.6 is 11.8 Å². The Kier molecular flexibility index (Phi) is 5.91. The molecule has 0 spiro atoms. The van der Waals surface area contributed by atoms with Crippen molar-refractivity contribution in [2.24, 2.45) is 0 Å². The van der Waals surface area contributed by atoms with Crippen LogP contribution in [0.1, 0.15) is 13.8 Å². The van der Waals surface area contributed by atoms with E-state index in [1.165, 1.54) is 0 Å². The molecule has 2 atom stereocenters. The van der Waals surface area contributed by atoms with Crippen molar-refractivity contribution < 1.29 is 19.7 Å². The molecule has 0 heterocycles. The van der Waals surface area contributed by atoms with E-state index in [2.05, 4.69) is 12.1 Å². The number of aliphatic hydroxyl groups excluding tert-OH is 2. The molecular weight excluding hydrogens is 348 g/mol. The van der Waals surface area contributed by atoms with Gasteiger partial charge in [-0.15, -0.1) is 11.8 Å². The van der Waals surface area contributed by atoms with E-state index in [1.807, 2.05) is 36.6 Å². The summed E-state index contributed by atoms with van der Waals surface area (Å²) < 4.78 is 12.0. The first-order valence-corrected chi connectivity index (χ1v) is 9.88. The molecule has 26 heavy (non-hydrogen) atoms. The Balaban J connectivity index is 2.29. The molecule has 2 unspecified atom stereocenters. The van der Waals surface area contributed by atoms with E-state index < -0.39 is 12.2 Å². The number of thioether (sulfide) groups is 1. The molecule has 0 fully saturated rings. The van der Waals surface area contributed by atoms with E-state index >= 15 is 0 Å². The number of benzene rings is 3. The number of rotatable bonds is 7. The number of hydrogen-bond acceptors (Lipinski definition) is 5. The van der Waals surface area contributed by atoms with Gasteiger partial charge in [-0.3, -0.25) is 0 Å². The zero-order valence-electron chi connectivity index (χ0n) is 15.2. The lowest BCUT2D eigenvalue weighted by atomic mass is 10.0. The van der Waals surface area contributed by atoms with Gasteiger partial charge in [0.15, 0.2) is 0 Å². The number of aliphatic hydroxyl groups is 2. The molecule has 0 radical (unpaired) electrons. The van der Waals surface area contributed by atoms with Crippen molar-refractivity contribution in [1.29, 1.82) is 0 Å². The van der Waals surface area contributed by atoms with E-state index in [9.17, 15) is 10.2 Å². The summed E-state index contributed by atoms with van der Waals surface area (Å²) in [5.74, 6) is 1.49. The van der Waals surface area contributed by atoms with Crippen molar-refractivity contribution in [2.75, 3.05) is 19.5 Å². The second-order valence-corrected chi connectivity index (χ2v) is 7.32. The normalized spacial score (nSPS) is 13.7. The third-order valence-electron chi connectivity index (χ3n) is 4.07. The smallest absolute Gasteiger partial charge is 0.135 e. The Morgan fingerprint density at radius 2 is 1.31 bits per heavy atom. The fourth-order valence-corrected chi connectivity index (χ4v) is 3.36. The number of ether oxygens (including phenoxy) is 2. The van der Waals surface area contributed by atoms with Gasteiger partial charge in [-0.2, -0.15) is 0 Å². The zero-order chi connectivity index (χ0) is 18.7.